The van der Waals surface area contributed by atoms with E-state index in [9.17, 15) is 0 Å². The van der Waals surface area contributed by atoms with Crippen LogP contribution in [0.4, 0.5) is 0 Å². The molecule has 0 amide bonds. The third-order valence-corrected chi connectivity index (χ3v) is 4.05. The summed E-state index contributed by atoms with van der Waals surface area (Å²) in [5.74, 6) is 1.40. The molecule has 7 heteroatoms. The monoisotopic (exact) mass is 300 g/mol. The molecule has 3 heterocycles. The lowest BCUT2D eigenvalue weighted by Crippen LogP contribution is -2.49. The topological polar surface area (TPSA) is 54.2 Å². The first kappa shape index (κ1) is 14.5. The van der Waals surface area contributed by atoms with Crippen molar-refractivity contribution in [3.05, 3.63) is 23.4 Å². The first-order valence-electron chi connectivity index (χ1n) is 6.14. The normalized spacial score (nSPS) is 20.2. The van der Waals surface area contributed by atoms with Gasteiger partial charge in [0.25, 0.3) is 0 Å². The van der Waals surface area contributed by atoms with Gasteiger partial charge in [0.05, 0.1) is 11.4 Å². The van der Waals surface area contributed by atoms with Gasteiger partial charge >= 0.3 is 0 Å². The van der Waals surface area contributed by atoms with E-state index < -0.39 is 0 Å². The fourth-order valence-electron chi connectivity index (χ4n) is 2.12. The molecule has 0 radical (unpaired) electrons. The van der Waals surface area contributed by atoms with Crippen molar-refractivity contribution >= 4 is 23.7 Å². The van der Waals surface area contributed by atoms with E-state index in [1.54, 1.807) is 11.3 Å². The SMILES string of the molecule is CC1CNCCN1Cc1nc(-c2cccs2)no1.Cl. The Kier molecular flexibility index (Phi) is 4.93. The van der Waals surface area contributed by atoms with Gasteiger partial charge in [-0.2, -0.15) is 4.98 Å². The van der Waals surface area contributed by atoms with Crippen molar-refractivity contribution < 1.29 is 4.52 Å². The molecule has 1 N–H and O–H groups in total. The summed E-state index contributed by atoms with van der Waals surface area (Å²) >= 11 is 1.63. The van der Waals surface area contributed by atoms with Crippen molar-refractivity contribution in [2.45, 2.75) is 19.5 Å². The summed E-state index contributed by atoms with van der Waals surface area (Å²) in [6, 6.07) is 4.51. The first-order chi connectivity index (χ1) is 8.83. The van der Waals surface area contributed by atoms with E-state index >= 15 is 0 Å². The van der Waals surface area contributed by atoms with Crippen molar-refractivity contribution in [2.75, 3.05) is 19.6 Å². The Morgan fingerprint density at radius 1 is 1.58 bits per heavy atom. The second-order valence-corrected chi connectivity index (χ2v) is 5.46. The maximum Gasteiger partial charge on any atom is 0.241 e. The molecule has 104 valence electrons. The smallest absolute Gasteiger partial charge is 0.241 e. The van der Waals surface area contributed by atoms with Crippen LogP contribution in [0.5, 0.6) is 0 Å². The number of thiophene rings is 1. The molecule has 3 rings (SSSR count). The lowest BCUT2D eigenvalue weighted by atomic mass is 10.2. The van der Waals surface area contributed by atoms with Gasteiger partial charge in [-0.05, 0) is 18.4 Å². The number of aromatic nitrogens is 2. The molecule has 1 atom stereocenters. The van der Waals surface area contributed by atoms with Gasteiger partial charge in [-0.25, -0.2) is 0 Å². The predicted octanol–water partition coefficient (Wildman–Crippen LogP) is 2.01. The van der Waals surface area contributed by atoms with Gasteiger partial charge in [-0.15, -0.1) is 23.7 Å². The Labute approximate surface area is 122 Å². The zero-order chi connectivity index (χ0) is 12.4. The second-order valence-electron chi connectivity index (χ2n) is 4.51. The van der Waals surface area contributed by atoms with Crippen LogP contribution in [-0.4, -0.2) is 40.7 Å². The molecule has 1 fully saturated rings. The molecule has 1 saturated heterocycles. The van der Waals surface area contributed by atoms with E-state index in [0.29, 0.717) is 17.8 Å². The Morgan fingerprint density at radius 3 is 3.21 bits per heavy atom. The van der Waals surface area contributed by atoms with E-state index in [1.165, 1.54) is 0 Å². The highest BCUT2D eigenvalue weighted by atomic mass is 35.5. The fraction of sp³-hybridized carbons (Fsp3) is 0.500. The molecule has 2 aromatic rings. The maximum absolute atomic E-state index is 5.32. The van der Waals surface area contributed by atoms with Gasteiger partial charge in [-0.1, -0.05) is 11.2 Å². The standard InChI is InChI=1S/C12H16N4OS.ClH/c1-9-7-13-4-5-16(9)8-11-14-12(15-17-11)10-3-2-6-18-10;/h2-3,6,9,13H,4-5,7-8H2,1H3;1H. The summed E-state index contributed by atoms with van der Waals surface area (Å²) in [7, 11) is 0. The van der Waals surface area contributed by atoms with Crippen molar-refractivity contribution in [1.82, 2.24) is 20.4 Å². The Morgan fingerprint density at radius 2 is 2.47 bits per heavy atom. The van der Waals surface area contributed by atoms with Crippen molar-refractivity contribution in [2.24, 2.45) is 0 Å². The maximum atomic E-state index is 5.32. The number of nitrogens with zero attached hydrogens (tertiary/aromatic N) is 3. The molecule has 0 spiro atoms. The van der Waals surface area contributed by atoms with Gasteiger partial charge < -0.3 is 9.84 Å². The van der Waals surface area contributed by atoms with Gasteiger partial charge in [-0.3, -0.25) is 4.90 Å². The third-order valence-electron chi connectivity index (χ3n) is 3.19. The number of halogens is 1. The van der Waals surface area contributed by atoms with Crippen LogP contribution in [0.15, 0.2) is 22.0 Å². The second kappa shape index (κ2) is 6.47. The van der Waals surface area contributed by atoms with E-state index in [-0.39, 0.29) is 12.4 Å². The van der Waals surface area contributed by atoms with Gasteiger partial charge in [0.15, 0.2) is 0 Å². The molecular formula is C12H17ClN4OS. The number of hydrogen-bond acceptors (Lipinski definition) is 6. The predicted molar refractivity (Wildman–Crippen MR) is 77.6 cm³/mol. The highest BCUT2D eigenvalue weighted by Gasteiger charge is 2.20. The van der Waals surface area contributed by atoms with Crippen LogP contribution in [0.25, 0.3) is 10.7 Å². The zero-order valence-electron chi connectivity index (χ0n) is 10.7. The van der Waals surface area contributed by atoms with E-state index in [2.05, 4.69) is 27.3 Å². The lowest BCUT2D eigenvalue weighted by Gasteiger charge is -2.32. The Balaban J connectivity index is 0.00000133. The largest absolute Gasteiger partial charge is 0.338 e. The van der Waals surface area contributed by atoms with E-state index in [0.717, 1.165) is 31.1 Å². The summed E-state index contributed by atoms with van der Waals surface area (Å²) in [4.78, 5) is 7.87. The summed E-state index contributed by atoms with van der Waals surface area (Å²) in [6.45, 7) is 6.02. The van der Waals surface area contributed by atoms with Crippen molar-refractivity contribution in [3.8, 4) is 10.7 Å². The van der Waals surface area contributed by atoms with Crippen LogP contribution >= 0.6 is 23.7 Å². The van der Waals surface area contributed by atoms with Crippen LogP contribution in [0.3, 0.4) is 0 Å². The minimum Gasteiger partial charge on any atom is -0.338 e. The molecule has 1 aliphatic heterocycles. The van der Waals surface area contributed by atoms with Crippen LogP contribution in [0, 0.1) is 0 Å². The Hall–Kier alpha value is -0.950. The van der Waals surface area contributed by atoms with Gasteiger partial charge in [0.2, 0.25) is 11.7 Å². The Bertz CT molecular complexity index is 502. The molecule has 0 bridgehead atoms. The van der Waals surface area contributed by atoms with Crippen LogP contribution in [-0.2, 0) is 6.54 Å². The van der Waals surface area contributed by atoms with E-state index in [1.807, 2.05) is 17.5 Å². The molecule has 2 aromatic heterocycles. The van der Waals surface area contributed by atoms with Crippen molar-refractivity contribution in [3.63, 3.8) is 0 Å². The molecule has 1 unspecified atom stereocenters. The van der Waals surface area contributed by atoms with Crippen molar-refractivity contribution in [1.29, 1.82) is 0 Å². The van der Waals surface area contributed by atoms with E-state index in [4.69, 9.17) is 4.52 Å². The molecular weight excluding hydrogens is 284 g/mol. The highest BCUT2D eigenvalue weighted by molar-refractivity contribution is 7.13. The van der Waals surface area contributed by atoms with Crippen LogP contribution < -0.4 is 5.32 Å². The number of piperazine rings is 1. The minimum atomic E-state index is 0. The summed E-state index contributed by atoms with van der Waals surface area (Å²) < 4.78 is 5.32. The third kappa shape index (κ3) is 3.33. The summed E-state index contributed by atoms with van der Waals surface area (Å²) in [5.41, 5.74) is 0. The molecule has 19 heavy (non-hydrogen) atoms. The number of rotatable bonds is 3. The van der Waals surface area contributed by atoms with Gasteiger partial charge in [0.1, 0.15) is 0 Å². The van der Waals surface area contributed by atoms with Crippen LogP contribution in [0.2, 0.25) is 0 Å². The molecule has 5 nitrogen and oxygen atoms in total. The number of hydrogen-bond donors (Lipinski definition) is 1. The number of nitrogens with one attached hydrogen (secondary N) is 1. The average molecular weight is 301 g/mol. The molecule has 1 aliphatic rings. The van der Waals surface area contributed by atoms with Crippen LogP contribution in [0.1, 0.15) is 12.8 Å². The summed E-state index contributed by atoms with van der Waals surface area (Å²) in [5, 5.41) is 9.42. The highest BCUT2D eigenvalue weighted by Crippen LogP contribution is 2.21. The molecule has 0 saturated carbocycles. The average Bonchev–Trinajstić information content (AvgIpc) is 3.02. The van der Waals surface area contributed by atoms with Gasteiger partial charge in [0, 0.05) is 25.7 Å². The first-order valence-corrected chi connectivity index (χ1v) is 7.02. The minimum absolute atomic E-state index is 0. The molecule has 0 aromatic carbocycles. The zero-order valence-corrected chi connectivity index (χ0v) is 12.3. The quantitative estimate of drug-likeness (QED) is 0.940. The lowest BCUT2D eigenvalue weighted by molar-refractivity contribution is 0.146. The fourth-order valence-corrected chi connectivity index (χ4v) is 2.77. The summed E-state index contributed by atoms with van der Waals surface area (Å²) in [6.07, 6.45) is 0. The molecule has 0 aliphatic carbocycles.